The summed E-state index contributed by atoms with van der Waals surface area (Å²) in [6, 6.07) is 8.64. The Bertz CT molecular complexity index is 549. The molecule has 3 rings (SSSR count). The van der Waals surface area contributed by atoms with E-state index < -0.39 is 0 Å². The van der Waals surface area contributed by atoms with Crippen LogP contribution in [0.4, 0.5) is 5.69 Å². The largest absolute Gasteiger partial charge is 0.399 e. The molecule has 1 aliphatic rings. The Balaban J connectivity index is 1.76. The van der Waals surface area contributed by atoms with Gasteiger partial charge >= 0.3 is 0 Å². The molecule has 0 aliphatic heterocycles. The highest BCUT2D eigenvalue weighted by atomic mass is 35.5. The van der Waals surface area contributed by atoms with Crippen LogP contribution in [0.1, 0.15) is 24.0 Å². The van der Waals surface area contributed by atoms with E-state index in [1.807, 2.05) is 18.2 Å². The first-order chi connectivity index (χ1) is 9.22. The summed E-state index contributed by atoms with van der Waals surface area (Å²) in [5.74, 6) is 0. The number of benzene rings is 1. The predicted octanol–water partition coefficient (Wildman–Crippen LogP) is 4.15. The molecule has 19 heavy (non-hydrogen) atoms. The highest BCUT2D eigenvalue weighted by Gasteiger charge is 2.29. The standard InChI is InChI=1S/C15H17ClN2S/c16-15-4-1-13(17)7-12(15)9-18(14-2-3-14)8-11-5-6-19-10-11/h1,4-7,10,14H,2-3,8-9,17H2. The van der Waals surface area contributed by atoms with Gasteiger partial charge in [0.25, 0.3) is 0 Å². The van der Waals surface area contributed by atoms with Crippen molar-refractivity contribution in [2.45, 2.75) is 32.0 Å². The monoisotopic (exact) mass is 292 g/mol. The Kier molecular flexibility index (Phi) is 3.78. The Morgan fingerprint density at radius 3 is 2.79 bits per heavy atom. The fourth-order valence-corrected chi connectivity index (χ4v) is 3.14. The topological polar surface area (TPSA) is 29.3 Å². The number of anilines is 1. The van der Waals surface area contributed by atoms with Crippen molar-refractivity contribution in [1.82, 2.24) is 4.90 Å². The summed E-state index contributed by atoms with van der Waals surface area (Å²) in [7, 11) is 0. The average molecular weight is 293 g/mol. The van der Waals surface area contributed by atoms with Gasteiger partial charge in [-0.1, -0.05) is 11.6 Å². The summed E-state index contributed by atoms with van der Waals surface area (Å²) >= 11 is 8.02. The summed E-state index contributed by atoms with van der Waals surface area (Å²) < 4.78 is 0. The summed E-state index contributed by atoms with van der Waals surface area (Å²) in [6.45, 7) is 1.88. The Labute approximate surface area is 122 Å². The van der Waals surface area contributed by atoms with Crippen molar-refractivity contribution in [3.63, 3.8) is 0 Å². The van der Waals surface area contributed by atoms with Crippen molar-refractivity contribution in [2.24, 2.45) is 0 Å². The number of nitrogen functional groups attached to an aromatic ring is 1. The number of hydrogen-bond acceptors (Lipinski definition) is 3. The number of nitrogens with two attached hydrogens (primary N) is 1. The Morgan fingerprint density at radius 1 is 1.26 bits per heavy atom. The van der Waals surface area contributed by atoms with Crippen LogP contribution < -0.4 is 5.73 Å². The molecule has 0 radical (unpaired) electrons. The van der Waals surface area contributed by atoms with Crippen molar-refractivity contribution in [3.05, 3.63) is 51.2 Å². The van der Waals surface area contributed by atoms with Gasteiger partial charge in [-0.2, -0.15) is 11.3 Å². The third kappa shape index (κ3) is 3.30. The number of rotatable bonds is 5. The number of nitrogens with zero attached hydrogens (tertiary/aromatic N) is 1. The lowest BCUT2D eigenvalue weighted by Gasteiger charge is -2.22. The highest BCUT2D eigenvalue weighted by molar-refractivity contribution is 7.07. The number of halogens is 1. The molecular weight excluding hydrogens is 276 g/mol. The lowest BCUT2D eigenvalue weighted by Crippen LogP contribution is -2.25. The first kappa shape index (κ1) is 13.0. The molecule has 4 heteroatoms. The summed E-state index contributed by atoms with van der Waals surface area (Å²) in [4.78, 5) is 2.50. The smallest absolute Gasteiger partial charge is 0.0452 e. The molecule has 1 aliphatic carbocycles. The normalized spacial score (nSPS) is 15.1. The summed E-state index contributed by atoms with van der Waals surface area (Å²) in [6.07, 6.45) is 2.59. The van der Waals surface area contributed by atoms with Crippen LogP contribution >= 0.6 is 22.9 Å². The molecule has 1 fully saturated rings. The first-order valence-corrected chi connectivity index (χ1v) is 7.83. The highest BCUT2D eigenvalue weighted by Crippen LogP contribution is 2.31. The van der Waals surface area contributed by atoms with Crippen LogP contribution in [0.2, 0.25) is 5.02 Å². The summed E-state index contributed by atoms with van der Waals surface area (Å²) in [5, 5.41) is 5.16. The molecule has 1 aromatic heterocycles. The van der Waals surface area contributed by atoms with E-state index in [0.29, 0.717) is 6.04 Å². The van der Waals surface area contributed by atoms with E-state index in [1.54, 1.807) is 11.3 Å². The molecular formula is C15H17ClN2S. The fraction of sp³-hybridized carbons (Fsp3) is 0.333. The van der Waals surface area contributed by atoms with Gasteiger partial charge in [0.2, 0.25) is 0 Å². The zero-order valence-electron chi connectivity index (χ0n) is 10.7. The molecule has 0 bridgehead atoms. The van der Waals surface area contributed by atoms with Crippen LogP contribution in [0.3, 0.4) is 0 Å². The quantitative estimate of drug-likeness (QED) is 0.839. The van der Waals surface area contributed by atoms with E-state index in [9.17, 15) is 0 Å². The lowest BCUT2D eigenvalue weighted by atomic mass is 10.1. The van der Waals surface area contributed by atoms with E-state index >= 15 is 0 Å². The van der Waals surface area contributed by atoms with E-state index in [0.717, 1.165) is 29.4 Å². The molecule has 1 aromatic carbocycles. The maximum atomic E-state index is 6.27. The van der Waals surface area contributed by atoms with E-state index in [2.05, 4.69) is 21.7 Å². The van der Waals surface area contributed by atoms with Crippen molar-refractivity contribution in [2.75, 3.05) is 5.73 Å². The van der Waals surface area contributed by atoms with Gasteiger partial charge in [-0.25, -0.2) is 0 Å². The third-order valence-electron chi connectivity index (χ3n) is 3.47. The number of thiophene rings is 1. The molecule has 1 heterocycles. The zero-order valence-corrected chi connectivity index (χ0v) is 12.3. The molecule has 0 unspecified atom stereocenters. The molecule has 1 saturated carbocycles. The SMILES string of the molecule is Nc1ccc(Cl)c(CN(Cc2ccsc2)C2CC2)c1. The van der Waals surface area contributed by atoms with Crippen molar-refractivity contribution in [1.29, 1.82) is 0 Å². The van der Waals surface area contributed by atoms with Gasteiger partial charge in [-0.05, 0) is 59.0 Å². The van der Waals surface area contributed by atoms with Crippen molar-refractivity contribution < 1.29 is 0 Å². The van der Waals surface area contributed by atoms with Gasteiger partial charge in [-0.15, -0.1) is 0 Å². The minimum absolute atomic E-state index is 0.706. The number of hydrogen-bond donors (Lipinski definition) is 1. The van der Waals surface area contributed by atoms with Crippen LogP contribution in [0.25, 0.3) is 0 Å². The van der Waals surface area contributed by atoms with Gasteiger partial charge < -0.3 is 5.73 Å². The van der Waals surface area contributed by atoms with Crippen LogP contribution in [-0.4, -0.2) is 10.9 Å². The first-order valence-electron chi connectivity index (χ1n) is 6.51. The minimum Gasteiger partial charge on any atom is -0.399 e. The van der Waals surface area contributed by atoms with Crippen molar-refractivity contribution >= 4 is 28.6 Å². The summed E-state index contributed by atoms with van der Waals surface area (Å²) in [5.41, 5.74) is 9.15. The van der Waals surface area contributed by atoms with E-state index in [-0.39, 0.29) is 0 Å². The molecule has 2 nitrogen and oxygen atoms in total. The van der Waals surface area contributed by atoms with Gasteiger partial charge in [0.1, 0.15) is 0 Å². The lowest BCUT2D eigenvalue weighted by molar-refractivity contribution is 0.246. The third-order valence-corrected chi connectivity index (χ3v) is 4.57. The van der Waals surface area contributed by atoms with Gasteiger partial charge in [-0.3, -0.25) is 4.90 Å². The maximum Gasteiger partial charge on any atom is 0.0452 e. The second-order valence-corrected chi connectivity index (χ2v) is 6.31. The predicted molar refractivity (Wildman–Crippen MR) is 82.5 cm³/mol. The molecule has 100 valence electrons. The molecule has 0 spiro atoms. The van der Waals surface area contributed by atoms with Gasteiger partial charge in [0.15, 0.2) is 0 Å². The Hall–Kier alpha value is -1.03. The minimum atomic E-state index is 0.706. The van der Waals surface area contributed by atoms with Crippen LogP contribution in [-0.2, 0) is 13.1 Å². The molecule has 0 atom stereocenters. The van der Waals surface area contributed by atoms with E-state index in [1.165, 1.54) is 18.4 Å². The van der Waals surface area contributed by atoms with Crippen molar-refractivity contribution in [3.8, 4) is 0 Å². The van der Waals surface area contributed by atoms with Crippen LogP contribution in [0, 0.1) is 0 Å². The van der Waals surface area contributed by atoms with Gasteiger partial charge in [0.05, 0.1) is 0 Å². The van der Waals surface area contributed by atoms with Crippen LogP contribution in [0.15, 0.2) is 35.0 Å². The maximum absolute atomic E-state index is 6.27. The molecule has 2 aromatic rings. The zero-order chi connectivity index (χ0) is 13.2. The second-order valence-electron chi connectivity index (χ2n) is 5.12. The Morgan fingerprint density at radius 2 is 2.11 bits per heavy atom. The molecule has 2 N–H and O–H groups in total. The second kappa shape index (κ2) is 5.53. The molecule has 0 saturated heterocycles. The van der Waals surface area contributed by atoms with Crippen LogP contribution in [0.5, 0.6) is 0 Å². The van der Waals surface area contributed by atoms with Gasteiger partial charge in [0, 0.05) is 29.8 Å². The van der Waals surface area contributed by atoms with E-state index in [4.69, 9.17) is 17.3 Å². The molecule has 0 amide bonds. The average Bonchev–Trinajstić information content (AvgIpc) is 3.12. The fourth-order valence-electron chi connectivity index (χ4n) is 2.31.